The molecule has 156 valence electrons. The predicted molar refractivity (Wildman–Crippen MR) is 111 cm³/mol. The number of sulfonamides is 1. The normalized spacial score (nSPS) is 11.3. The number of ether oxygens (including phenoxy) is 1. The van der Waals surface area contributed by atoms with E-state index in [1.54, 1.807) is 49.4 Å². The van der Waals surface area contributed by atoms with Gasteiger partial charge < -0.3 is 10.1 Å². The van der Waals surface area contributed by atoms with Crippen LogP contribution in [0.15, 0.2) is 59.5 Å². The maximum atomic E-state index is 12.7. The molecular formula is C21H26N2O5S. The average molecular weight is 419 g/mol. The zero-order chi connectivity index (χ0) is 21.3. The molecular weight excluding hydrogens is 392 g/mol. The highest BCUT2D eigenvalue weighted by Crippen LogP contribution is 2.16. The van der Waals surface area contributed by atoms with Crippen LogP contribution >= 0.6 is 0 Å². The Kier molecular flexibility index (Phi) is 8.35. The number of anilines is 1. The van der Waals surface area contributed by atoms with Crippen LogP contribution in [0.5, 0.6) is 0 Å². The van der Waals surface area contributed by atoms with Crippen LogP contribution in [0.25, 0.3) is 0 Å². The lowest BCUT2D eigenvalue weighted by Gasteiger charge is -2.20. The number of carbonyl (C=O) groups is 2. The summed E-state index contributed by atoms with van der Waals surface area (Å²) in [5, 5.41) is 2.65. The first kappa shape index (κ1) is 22.6. The molecule has 29 heavy (non-hydrogen) atoms. The van der Waals surface area contributed by atoms with Gasteiger partial charge in [0.2, 0.25) is 15.9 Å². The summed E-state index contributed by atoms with van der Waals surface area (Å²) in [5.41, 5.74) is 0.856. The Morgan fingerprint density at radius 1 is 1.00 bits per heavy atom. The second kappa shape index (κ2) is 10.7. The molecule has 2 aromatic rings. The van der Waals surface area contributed by atoms with Crippen molar-refractivity contribution in [2.45, 2.75) is 31.6 Å². The summed E-state index contributed by atoms with van der Waals surface area (Å²) in [7, 11) is -3.76. The molecule has 0 heterocycles. The molecule has 0 fully saturated rings. The van der Waals surface area contributed by atoms with Gasteiger partial charge in [0, 0.05) is 12.2 Å². The minimum absolute atomic E-state index is 0.139. The minimum atomic E-state index is -3.76. The van der Waals surface area contributed by atoms with Crippen molar-refractivity contribution >= 4 is 27.6 Å². The zero-order valence-electron chi connectivity index (χ0n) is 16.6. The molecule has 0 aliphatic rings. The van der Waals surface area contributed by atoms with Crippen LogP contribution in [0.1, 0.15) is 37.0 Å². The van der Waals surface area contributed by atoms with Crippen LogP contribution in [0.4, 0.5) is 5.69 Å². The molecule has 1 amide bonds. The van der Waals surface area contributed by atoms with E-state index < -0.39 is 21.9 Å². The summed E-state index contributed by atoms with van der Waals surface area (Å²) in [6.07, 6.45) is 1.74. The lowest BCUT2D eigenvalue weighted by molar-refractivity contribution is -0.116. The first-order valence-corrected chi connectivity index (χ1v) is 10.9. The van der Waals surface area contributed by atoms with Crippen molar-refractivity contribution in [3.63, 3.8) is 0 Å². The zero-order valence-corrected chi connectivity index (χ0v) is 17.4. The maximum absolute atomic E-state index is 12.7. The fourth-order valence-corrected chi connectivity index (χ4v) is 3.98. The van der Waals surface area contributed by atoms with E-state index in [-0.39, 0.29) is 18.0 Å². The number of unbranched alkanes of at least 4 members (excludes halogenated alkanes) is 1. The maximum Gasteiger partial charge on any atom is 0.338 e. The van der Waals surface area contributed by atoms with E-state index in [9.17, 15) is 18.0 Å². The molecule has 0 spiro atoms. The van der Waals surface area contributed by atoms with Gasteiger partial charge in [0.05, 0.1) is 23.6 Å². The Balaban J connectivity index is 1.98. The molecule has 2 aromatic carbocycles. The number of esters is 1. The minimum Gasteiger partial charge on any atom is -0.462 e. The molecule has 7 nitrogen and oxygen atoms in total. The summed E-state index contributed by atoms with van der Waals surface area (Å²) in [4.78, 5) is 24.4. The predicted octanol–water partition coefficient (Wildman–Crippen LogP) is 3.29. The summed E-state index contributed by atoms with van der Waals surface area (Å²) in [6.45, 7) is 3.90. The molecule has 0 saturated heterocycles. The number of likely N-dealkylation sites (N-methyl/N-ethyl adjacent to an activating group) is 1. The molecule has 0 atom stereocenters. The quantitative estimate of drug-likeness (QED) is 0.472. The lowest BCUT2D eigenvalue weighted by Crippen LogP contribution is -2.37. The van der Waals surface area contributed by atoms with Gasteiger partial charge in [-0.05, 0) is 42.8 Å². The summed E-state index contributed by atoms with van der Waals surface area (Å²) in [6, 6.07) is 14.3. The Bertz CT molecular complexity index is 912. The van der Waals surface area contributed by atoms with E-state index >= 15 is 0 Å². The first-order chi connectivity index (χ1) is 13.9. The van der Waals surface area contributed by atoms with E-state index in [1.807, 2.05) is 6.92 Å². The van der Waals surface area contributed by atoms with Crippen molar-refractivity contribution in [2.75, 3.05) is 25.0 Å². The average Bonchev–Trinajstić information content (AvgIpc) is 2.73. The smallest absolute Gasteiger partial charge is 0.338 e. The molecule has 0 aliphatic heterocycles. The van der Waals surface area contributed by atoms with E-state index in [0.717, 1.165) is 17.1 Å². The van der Waals surface area contributed by atoms with E-state index in [1.165, 1.54) is 12.1 Å². The molecule has 0 unspecified atom stereocenters. The van der Waals surface area contributed by atoms with Crippen LogP contribution in [-0.4, -0.2) is 44.3 Å². The largest absolute Gasteiger partial charge is 0.462 e. The van der Waals surface area contributed by atoms with Crippen LogP contribution in [0.3, 0.4) is 0 Å². The van der Waals surface area contributed by atoms with Crippen LogP contribution < -0.4 is 5.32 Å². The summed E-state index contributed by atoms with van der Waals surface area (Å²) < 4.78 is 31.6. The van der Waals surface area contributed by atoms with Gasteiger partial charge in [-0.25, -0.2) is 13.2 Å². The topological polar surface area (TPSA) is 92.8 Å². The summed E-state index contributed by atoms with van der Waals surface area (Å²) in [5.74, 6) is -0.882. The molecule has 1 N–H and O–H groups in total. The van der Waals surface area contributed by atoms with Crippen molar-refractivity contribution < 1.29 is 22.7 Å². The van der Waals surface area contributed by atoms with Gasteiger partial charge in [0.15, 0.2) is 0 Å². The second-order valence-electron chi connectivity index (χ2n) is 6.36. The van der Waals surface area contributed by atoms with Gasteiger partial charge >= 0.3 is 5.97 Å². The Labute approximate surface area is 171 Å². The van der Waals surface area contributed by atoms with Gasteiger partial charge in [-0.2, -0.15) is 4.31 Å². The molecule has 0 aliphatic carbocycles. The lowest BCUT2D eigenvalue weighted by atomic mass is 10.2. The van der Waals surface area contributed by atoms with Crippen LogP contribution in [0, 0.1) is 0 Å². The number of nitrogens with zero attached hydrogens (tertiary/aromatic N) is 1. The van der Waals surface area contributed by atoms with Gasteiger partial charge in [-0.3, -0.25) is 4.79 Å². The highest BCUT2D eigenvalue weighted by Gasteiger charge is 2.25. The molecule has 0 saturated carbocycles. The fraction of sp³-hybridized carbons (Fsp3) is 0.333. The number of carbonyl (C=O) groups excluding carboxylic acids is 2. The van der Waals surface area contributed by atoms with Crippen LogP contribution in [-0.2, 0) is 19.6 Å². The van der Waals surface area contributed by atoms with Crippen molar-refractivity contribution in [2.24, 2.45) is 0 Å². The first-order valence-electron chi connectivity index (χ1n) is 9.50. The third kappa shape index (κ3) is 6.40. The van der Waals surface area contributed by atoms with Crippen molar-refractivity contribution in [3.8, 4) is 0 Å². The van der Waals surface area contributed by atoms with Crippen molar-refractivity contribution in [1.82, 2.24) is 4.31 Å². The Morgan fingerprint density at radius 3 is 2.24 bits per heavy atom. The monoisotopic (exact) mass is 418 g/mol. The molecule has 0 bridgehead atoms. The number of hydrogen-bond acceptors (Lipinski definition) is 5. The van der Waals surface area contributed by atoms with Crippen molar-refractivity contribution in [3.05, 3.63) is 60.2 Å². The second-order valence-corrected chi connectivity index (χ2v) is 8.30. The third-order valence-electron chi connectivity index (χ3n) is 4.19. The van der Waals surface area contributed by atoms with Gasteiger partial charge in [-0.15, -0.1) is 0 Å². The highest BCUT2D eigenvalue weighted by molar-refractivity contribution is 7.89. The number of nitrogens with one attached hydrogen (secondary N) is 1. The van der Waals surface area contributed by atoms with Gasteiger partial charge in [0.25, 0.3) is 0 Å². The third-order valence-corrected chi connectivity index (χ3v) is 6.12. The van der Waals surface area contributed by atoms with E-state index in [4.69, 9.17) is 4.74 Å². The summed E-state index contributed by atoms with van der Waals surface area (Å²) >= 11 is 0. The SMILES string of the molecule is CCCCOC(=O)c1ccc(NC(=O)CN(CC)S(=O)(=O)c2ccccc2)cc1. The van der Waals surface area contributed by atoms with E-state index in [0.29, 0.717) is 17.9 Å². The molecule has 8 heteroatoms. The number of hydrogen-bond donors (Lipinski definition) is 1. The fourth-order valence-electron chi connectivity index (χ4n) is 2.55. The number of rotatable bonds is 10. The van der Waals surface area contributed by atoms with Gasteiger partial charge in [-0.1, -0.05) is 38.5 Å². The highest BCUT2D eigenvalue weighted by atomic mass is 32.2. The van der Waals surface area contributed by atoms with Crippen LogP contribution in [0.2, 0.25) is 0 Å². The number of amides is 1. The molecule has 2 rings (SSSR count). The van der Waals surface area contributed by atoms with E-state index in [2.05, 4.69) is 5.32 Å². The number of benzene rings is 2. The standard InChI is InChI=1S/C21H26N2O5S/c1-3-5-15-28-21(25)17-11-13-18(14-12-17)22-20(24)16-23(4-2)29(26,27)19-9-7-6-8-10-19/h6-14H,3-5,15-16H2,1-2H3,(H,22,24). The molecule has 0 radical (unpaired) electrons. The van der Waals surface area contributed by atoms with Gasteiger partial charge in [0.1, 0.15) is 0 Å². The molecule has 0 aromatic heterocycles. The van der Waals surface area contributed by atoms with Crippen molar-refractivity contribution in [1.29, 1.82) is 0 Å². The Hall–Kier alpha value is -2.71. The Morgan fingerprint density at radius 2 is 1.66 bits per heavy atom.